The average Bonchev–Trinajstić information content (AvgIpc) is 2.98. The van der Waals surface area contributed by atoms with Crippen LogP contribution in [0, 0.1) is 18.3 Å². The smallest absolute Gasteiger partial charge is 0.232 e. The Morgan fingerprint density at radius 1 is 1.09 bits per heavy atom. The van der Waals surface area contributed by atoms with Crippen LogP contribution in [0.2, 0.25) is 0 Å². The van der Waals surface area contributed by atoms with Gasteiger partial charge in [0.2, 0.25) is 17.5 Å². The number of aromatic nitrogens is 1. The van der Waals surface area contributed by atoms with Gasteiger partial charge in [0.25, 0.3) is 0 Å². The van der Waals surface area contributed by atoms with E-state index in [1.165, 1.54) is 5.56 Å². The number of benzene rings is 2. The summed E-state index contributed by atoms with van der Waals surface area (Å²) >= 11 is 0. The summed E-state index contributed by atoms with van der Waals surface area (Å²) in [7, 11) is 0. The monoisotopic (exact) mass is 289 g/mol. The molecule has 0 spiro atoms. The molecule has 0 fully saturated rings. The maximum atomic E-state index is 9.20. The fourth-order valence-electron chi connectivity index (χ4n) is 2.11. The fourth-order valence-corrected chi connectivity index (χ4v) is 2.11. The number of anilines is 1. The van der Waals surface area contributed by atoms with Gasteiger partial charge in [0.15, 0.2) is 0 Å². The van der Waals surface area contributed by atoms with Crippen LogP contribution in [0.4, 0.5) is 5.88 Å². The van der Waals surface area contributed by atoms with Crippen LogP contribution in [0.5, 0.6) is 0 Å². The highest BCUT2D eigenvalue weighted by Gasteiger charge is 2.13. The van der Waals surface area contributed by atoms with Crippen molar-refractivity contribution in [3.63, 3.8) is 0 Å². The Labute approximate surface area is 129 Å². The van der Waals surface area contributed by atoms with Gasteiger partial charge in [-0.1, -0.05) is 48.0 Å². The first kappa shape index (κ1) is 13.9. The molecule has 0 radical (unpaired) electrons. The first-order valence-electron chi connectivity index (χ1n) is 7.02. The molecular formula is C18H15N3O. The average molecular weight is 289 g/mol. The third kappa shape index (κ3) is 2.99. The third-order valence-corrected chi connectivity index (χ3v) is 3.33. The molecule has 0 bridgehead atoms. The van der Waals surface area contributed by atoms with Crippen molar-refractivity contribution >= 4 is 5.88 Å². The number of oxazole rings is 1. The Bertz CT molecular complexity index is 799. The molecule has 1 N–H and O–H groups in total. The van der Waals surface area contributed by atoms with Gasteiger partial charge < -0.3 is 9.73 Å². The molecule has 0 aliphatic heterocycles. The van der Waals surface area contributed by atoms with Gasteiger partial charge in [-0.2, -0.15) is 10.2 Å². The van der Waals surface area contributed by atoms with E-state index in [4.69, 9.17) is 4.42 Å². The summed E-state index contributed by atoms with van der Waals surface area (Å²) in [5, 5.41) is 12.3. The summed E-state index contributed by atoms with van der Waals surface area (Å²) in [6.07, 6.45) is 0. The Hall–Kier alpha value is -3.06. The number of rotatable bonds is 4. The minimum atomic E-state index is 0.269. The van der Waals surface area contributed by atoms with E-state index >= 15 is 0 Å². The van der Waals surface area contributed by atoms with Gasteiger partial charge in [0, 0.05) is 12.1 Å². The summed E-state index contributed by atoms with van der Waals surface area (Å²) in [4.78, 5) is 4.24. The molecule has 0 saturated carbocycles. The molecule has 22 heavy (non-hydrogen) atoms. The maximum absolute atomic E-state index is 9.20. The maximum Gasteiger partial charge on any atom is 0.232 e. The minimum absolute atomic E-state index is 0.269. The highest BCUT2D eigenvalue weighted by molar-refractivity contribution is 5.58. The van der Waals surface area contributed by atoms with Gasteiger partial charge in [-0.3, -0.25) is 0 Å². The Morgan fingerprint density at radius 3 is 2.50 bits per heavy atom. The number of aryl methyl sites for hydroxylation is 1. The molecule has 1 heterocycles. The highest BCUT2D eigenvalue weighted by Crippen LogP contribution is 2.25. The van der Waals surface area contributed by atoms with E-state index in [1.807, 2.05) is 49.4 Å². The van der Waals surface area contributed by atoms with E-state index in [9.17, 15) is 5.26 Å². The van der Waals surface area contributed by atoms with Crippen LogP contribution < -0.4 is 5.32 Å². The number of nitrogens with one attached hydrogen (secondary N) is 1. The second kappa shape index (κ2) is 6.15. The largest absolute Gasteiger partial charge is 0.419 e. The molecule has 0 amide bonds. The van der Waals surface area contributed by atoms with Crippen LogP contribution in [0.1, 0.15) is 16.8 Å². The van der Waals surface area contributed by atoms with Gasteiger partial charge >= 0.3 is 0 Å². The zero-order chi connectivity index (χ0) is 15.4. The topological polar surface area (TPSA) is 61.9 Å². The predicted molar refractivity (Wildman–Crippen MR) is 85.2 cm³/mol. The zero-order valence-corrected chi connectivity index (χ0v) is 12.2. The summed E-state index contributed by atoms with van der Waals surface area (Å²) in [5.41, 5.74) is 3.45. The molecule has 0 aliphatic carbocycles. The number of nitrogens with zero attached hydrogens (tertiary/aromatic N) is 2. The van der Waals surface area contributed by atoms with Gasteiger partial charge in [0.1, 0.15) is 6.07 Å². The van der Waals surface area contributed by atoms with E-state index in [2.05, 4.69) is 28.5 Å². The lowest BCUT2D eigenvalue weighted by Gasteiger charge is -2.03. The molecule has 0 aliphatic rings. The van der Waals surface area contributed by atoms with Crippen LogP contribution in [-0.4, -0.2) is 4.98 Å². The molecule has 3 rings (SSSR count). The number of hydrogen-bond donors (Lipinski definition) is 1. The standard InChI is InChI=1S/C18H15N3O/c1-13-7-9-14(10-8-13)12-20-18-16(11-19)21-17(22-18)15-5-3-2-4-6-15/h2-10,20H,12H2,1H3. The second-order valence-electron chi connectivity index (χ2n) is 5.01. The second-order valence-corrected chi connectivity index (χ2v) is 5.01. The first-order chi connectivity index (χ1) is 10.8. The van der Waals surface area contributed by atoms with Crippen LogP contribution in [0.3, 0.4) is 0 Å². The van der Waals surface area contributed by atoms with E-state index in [-0.39, 0.29) is 5.69 Å². The molecule has 4 nitrogen and oxygen atoms in total. The summed E-state index contributed by atoms with van der Waals surface area (Å²) < 4.78 is 5.69. The SMILES string of the molecule is Cc1ccc(CNc2oc(-c3ccccc3)nc2C#N)cc1. The van der Waals surface area contributed by atoms with Crippen LogP contribution in [-0.2, 0) is 6.54 Å². The van der Waals surface area contributed by atoms with Crippen molar-refractivity contribution in [2.75, 3.05) is 5.32 Å². The zero-order valence-electron chi connectivity index (χ0n) is 12.2. The van der Waals surface area contributed by atoms with Crippen molar-refractivity contribution in [1.29, 1.82) is 5.26 Å². The summed E-state index contributed by atoms with van der Waals surface area (Å²) in [5.74, 6) is 0.852. The van der Waals surface area contributed by atoms with Crippen molar-refractivity contribution in [3.05, 3.63) is 71.4 Å². The van der Waals surface area contributed by atoms with Crippen LogP contribution in [0.15, 0.2) is 59.0 Å². The quantitative estimate of drug-likeness (QED) is 0.784. The molecule has 0 unspecified atom stereocenters. The molecular weight excluding hydrogens is 274 g/mol. The summed E-state index contributed by atoms with van der Waals surface area (Å²) in [6.45, 7) is 2.63. The fraction of sp³-hybridized carbons (Fsp3) is 0.111. The Morgan fingerprint density at radius 2 is 1.82 bits per heavy atom. The molecule has 4 heteroatoms. The van der Waals surface area contributed by atoms with E-state index in [0.717, 1.165) is 11.1 Å². The van der Waals surface area contributed by atoms with Gasteiger partial charge in [-0.25, -0.2) is 0 Å². The lowest BCUT2D eigenvalue weighted by atomic mass is 10.1. The molecule has 1 aromatic heterocycles. The lowest BCUT2D eigenvalue weighted by molar-refractivity contribution is 0.585. The molecule has 0 saturated heterocycles. The van der Waals surface area contributed by atoms with Crippen molar-refractivity contribution in [2.24, 2.45) is 0 Å². The molecule has 2 aromatic carbocycles. The van der Waals surface area contributed by atoms with Crippen LogP contribution >= 0.6 is 0 Å². The van der Waals surface area contributed by atoms with Crippen LogP contribution in [0.25, 0.3) is 11.5 Å². The Kier molecular flexibility index (Phi) is 3.88. The highest BCUT2D eigenvalue weighted by atomic mass is 16.4. The molecule has 0 atom stereocenters. The van der Waals surface area contributed by atoms with Gasteiger partial charge in [-0.15, -0.1) is 0 Å². The lowest BCUT2D eigenvalue weighted by Crippen LogP contribution is -1.99. The normalized spacial score (nSPS) is 10.2. The predicted octanol–water partition coefficient (Wildman–Crippen LogP) is 4.13. The van der Waals surface area contributed by atoms with Gasteiger partial charge in [0.05, 0.1) is 0 Å². The first-order valence-corrected chi connectivity index (χ1v) is 7.02. The van der Waals surface area contributed by atoms with Crippen molar-refractivity contribution in [3.8, 4) is 17.5 Å². The molecule has 3 aromatic rings. The van der Waals surface area contributed by atoms with Gasteiger partial charge in [-0.05, 0) is 24.6 Å². The van der Waals surface area contributed by atoms with Crippen molar-refractivity contribution in [2.45, 2.75) is 13.5 Å². The van der Waals surface area contributed by atoms with E-state index in [0.29, 0.717) is 18.3 Å². The summed E-state index contributed by atoms with van der Waals surface area (Å²) in [6, 6.07) is 19.8. The minimum Gasteiger partial charge on any atom is -0.419 e. The Balaban J connectivity index is 1.80. The number of hydrogen-bond acceptors (Lipinski definition) is 4. The van der Waals surface area contributed by atoms with Crippen molar-refractivity contribution in [1.82, 2.24) is 4.98 Å². The van der Waals surface area contributed by atoms with E-state index < -0.39 is 0 Å². The third-order valence-electron chi connectivity index (χ3n) is 3.33. The number of nitriles is 1. The molecule has 108 valence electrons. The van der Waals surface area contributed by atoms with E-state index in [1.54, 1.807) is 0 Å². The van der Waals surface area contributed by atoms with Crippen molar-refractivity contribution < 1.29 is 4.42 Å².